The quantitative estimate of drug-likeness (QED) is 0.636. The van der Waals surface area contributed by atoms with Crippen LogP contribution in [0.25, 0.3) is 0 Å². The lowest BCUT2D eigenvalue weighted by Gasteiger charge is -2.25. The van der Waals surface area contributed by atoms with Gasteiger partial charge in [-0.2, -0.15) is 0 Å². The van der Waals surface area contributed by atoms with Crippen molar-refractivity contribution in [1.82, 2.24) is 9.62 Å². The summed E-state index contributed by atoms with van der Waals surface area (Å²) in [5, 5.41) is 11.9. The summed E-state index contributed by atoms with van der Waals surface area (Å²) in [6.45, 7) is 1.66. The SMILES string of the molecule is CN(CCCCCO)S(=O)(=O)CC1CCCCN1. The van der Waals surface area contributed by atoms with E-state index in [4.69, 9.17) is 5.11 Å². The van der Waals surface area contributed by atoms with E-state index >= 15 is 0 Å². The molecule has 1 unspecified atom stereocenters. The van der Waals surface area contributed by atoms with E-state index in [-0.39, 0.29) is 18.4 Å². The zero-order valence-electron chi connectivity index (χ0n) is 11.3. The van der Waals surface area contributed by atoms with E-state index in [0.29, 0.717) is 6.54 Å². The van der Waals surface area contributed by atoms with Crippen LogP contribution in [0.4, 0.5) is 0 Å². The van der Waals surface area contributed by atoms with Gasteiger partial charge in [0.25, 0.3) is 0 Å². The van der Waals surface area contributed by atoms with Gasteiger partial charge in [-0.15, -0.1) is 0 Å². The molecule has 0 aliphatic carbocycles. The van der Waals surface area contributed by atoms with Crippen LogP contribution in [0.3, 0.4) is 0 Å². The maximum Gasteiger partial charge on any atom is 0.215 e. The molecular formula is C12H26N2O3S. The molecule has 1 saturated heterocycles. The highest BCUT2D eigenvalue weighted by molar-refractivity contribution is 7.89. The number of rotatable bonds is 8. The van der Waals surface area contributed by atoms with Crippen molar-refractivity contribution in [2.75, 3.05) is 32.5 Å². The number of nitrogens with one attached hydrogen (secondary N) is 1. The second-order valence-corrected chi connectivity index (χ2v) is 7.15. The summed E-state index contributed by atoms with van der Waals surface area (Å²) in [7, 11) is -1.49. The molecule has 1 heterocycles. The van der Waals surface area contributed by atoms with Gasteiger partial charge in [0, 0.05) is 26.2 Å². The number of aliphatic hydroxyl groups excluding tert-OH is 1. The summed E-state index contributed by atoms with van der Waals surface area (Å²) in [6.07, 6.45) is 5.66. The second kappa shape index (κ2) is 8.09. The highest BCUT2D eigenvalue weighted by atomic mass is 32.2. The minimum atomic E-state index is -3.14. The second-order valence-electron chi connectivity index (χ2n) is 5.03. The first kappa shape index (κ1) is 15.9. The maximum atomic E-state index is 12.1. The molecule has 18 heavy (non-hydrogen) atoms. The van der Waals surface area contributed by atoms with E-state index in [1.807, 2.05) is 0 Å². The van der Waals surface area contributed by atoms with Crippen LogP contribution in [0, 0.1) is 0 Å². The maximum absolute atomic E-state index is 12.1. The monoisotopic (exact) mass is 278 g/mol. The molecule has 6 heteroatoms. The highest BCUT2D eigenvalue weighted by Crippen LogP contribution is 2.11. The highest BCUT2D eigenvalue weighted by Gasteiger charge is 2.24. The van der Waals surface area contributed by atoms with Gasteiger partial charge < -0.3 is 10.4 Å². The molecule has 0 aromatic rings. The van der Waals surface area contributed by atoms with E-state index in [9.17, 15) is 8.42 Å². The molecule has 2 N–H and O–H groups in total. The Morgan fingerprint density at radius 3 is 2.67 bits per heavy atom. The van der Waals surface area contributed by atoms with Gasteiger partial charge in [0.1, 0.15) is 0 Å². The van der Waals surface area contributed by atoms with Crippen LogP contribution in [0.5, 0.6) is 0 Å². The number of unbranched alkanes of at least 4 members (excludes halogenated alkanes) is 2. The molecular weight excluding hydrogens is 252 g/mol. The summed E-state index contributed by atoms with van der Waals surface area (Å²) in [4.78, 5) is 0. The lowest BCUT2D eigenvalue weighted by Crippen LogP contribution is -2.43. The molecule has 0 aromatic heterocycles. The molecule has 1 aliphatic rings. The lowest BCUT2D eigenvalue weighted by atomic mass is 10.1. The molecule has 0 aromatic carbocycles. The average Bonchev–Trinajstić information content (AvgIpc) is 2.35. The smallest absolute Gasteiger partial charge is 0.215 e. The predicted octanol–water partition coefficient (Wildman–Crippen LogP) is 0.553. The fourth-order valence-electron chi connectivity index (χ4n) is 2.21. The first-order valence-corrected chi connectivity index (χ1v) is 8.45. The summed E-state index contributed by atoms with van der Waals surface area (Å²) in [6, 6.07) is 0.114. The van der Waals surface area contributed by atoms with E-state index in [0.717, 1.165) is 45.1 Å². The first-order valence-electron chi connectivity index (χ1n) is 6.84. The third kappa shape index (κ3) is 5.65. The Labute approximate surface area is 111 Å². The molecule has 0 amide bonds. The average molecular weight is 278 g/mol. The van der Waals surface area contributed by atoms with Gasteiger partial charge in [0.15, 0.2) is 0 Å². The van der Waals surface area contributed by atoms with Gasteiger partial charge in [-0.25, -0.2) is 12.7 Å². The molecule has 1 aliphatic heterocycles. The molecule has 0 spiro atoms. The van der Waals surface area contributed by atoms with Crippen molar-refractivity contribution in [3.8, 4) is 0 Å². The topological polar surface area (TPSA) is 69.6 Å². The molecule has 108 valence electrons. The summed E-state index contributed by atoms with van der Waals surface area (Å²) in [5.74, 6) is 0.212. The largest absolute Gasteiger partial charge is 0.396 e. The molecule has 1 rings (SSSR count). The minimum Gasteiger partial charge on any atom is -0.396 e. The predicted molar refractivity (Wildman–Crippen MR) is 73.0 cm³/mol. The molecule has 1 fully saturated rings. The number of piperidine rings is 1. The number of aliphatic hydroxyl groups is 1. The van der Waals surface area contributed by atoms with Crippen LogP contribution in [-0.2, 0) is 10.0 Å². The van der Waals surface area contributed by atoms with Crippen molar-refractivity contribution >= 4 is 10.0 Å². The Morgan fingerprint density at radius 2 is 2.06 bits per heavy atom. The van der Waals surface area contributed by atoms with Crippen LogP contribution in [0.2, 0.25) is 0 Å². The van der Waals surface area contributed by atoms with Gasteiger partial charge in [-0.3, -0.25) is 0 Å². The fraction of sp³-hybridized carbons (Fsp3) is 1.00. The van der Waals surface area contributed by atoms with E-state index in [1.165, 1.54) is 4.31 Å². The van der Waals surface area contributed by atoms with Crippen molar-refractivity contribution in [1.29, 1.82) is 0 Å². The van der Waals surface area contributed by atoms with Crippen molar-refractivity contribution in [3.63, 3.8) is 0 Å². The van der Waals surface area contributed by atoms with Crippen molar-refractivity contribution < 1.29 is 13.5 Å². The van der Waals surface area contributed by atoms with Gasteiger partial charge in [-0.1, -0.05) is 6.42 Å². The number of hydrogen-bond donors (Lipinski definition) is 2. The fourth-order valence-corrected chi connectivity index (χ4v) is 3.66. The Kier molecular flexibility index (Phi) is 7.14. The standard InChI is InChI=1S/C12H26N2O3S/c1-14(9-5-2-6-10-15)18(16,17)11-12-7-3-4-8-13-12/h12-13,15H,2-11H2,1H3. The third-order valence-corrected chi connectivity index (χ3v) is 5.39. The number of sulfonamides is 1. The lowest BCUT2D eigenvalue weighted by molar-refractivity contribution is 0.281. The Bertz CT molecular complexity index is 313. The Hall–Kier alpha value is -0.170. The van der Waals surface area contributed by atoms with E-state index in [2.05, 4.69) is 5.32 Å². The molecule has 0 radical (unpaired) electrons. The zero-order valence-corrected chi connectivity index (χ0v) is 12.1. The third-order valence-electron chi connectivity index (χ3n) is 3.43. The van der Waals surface area contributed by atoms with Crippen LogP contribution in [0.15, 0.2) is 0 Å². The summed E-state index contributed by atoms with van der Waals surface area (Å²) in [5.41, 5.74) is 0. The van der Waals surface area contributed by atoms with E-state index < -0.39 is 10.0 Å². The van der Waals surface area contributed by atoms with Crippen LogP contribution in [0.1, 0.15) is 38.5 Å². The molecule has 1 atom stereocenters. The molecule has 5 nitrogen and oxygen atoms in total. The van der Waals surface area contributed by atoms with Crippen LogP contribution in [-0.4, -0.2) is 56.4 Å². The summed E-state index contributed by atoms with van der Waals surface area (Å²) >= 11 is 0. The normalized spacial score (nSPS) is 21.4. The molecule has 0 saturated carbocycles. The van der Waals surface area contributed by atoms with Crippen LogP contribution >= 0.6 is 0 Å². The Balaban J connectivity index is 2.31. The van der Waals surface area contributed by atoms with Gasteiger partial charge in [0.2, 0.25) is 10.0 Å². The molecule has 0 bridgehead atoms. The first-order chi connectivity index (χ1) is 8.56. The Morgan fingerprint density at radius 1 is 1.28 bits per heavy atom. The van der Waals surface area contributed by atoms with Crippen LogP contribution < -0.4 is 5.32 Å². The van der Waals surface area contributed by atoms with Gasteiger partial charge >= 0.3 is 0 Å². The van der Waals surface area contributed by atoms with Gasteiger partial charge in [0.05, 0.1) is 5.75 Å². The number of hydrogen-bond acceptors (Lipinski definition) is 4. The van der Waals surface area contributed by atoms with Crippen molar-refractivity contribution in [2.24, 2.45) is 0 Å². The van der Waals surface area contributed by atoms with Crippen molar-refractivity contribution in [2.45, 2.75) is 44.6 Å². The van der Waals surface area contributed by atoms with E-state index in [1.54, 1.807) is 7.05 Å². The summed E-state index contributed by atoms with van der Waals surface area (Å²) < 4.78 is 25.7. The van der Waals surface area contributed by atoms with Gasteiger partial charge in [-0.05, 0) is 38.6 Å². The number of nitrogens with zero attached hydrogens (tertiary/aromatic N) is 1. The zero-order chi connectivity index (χ0) is 13.4. The minimum absolute atomic E-state index is 0.114. The van der Waals surface area contributed by atoms with Crippen molar-refractivity contribution in [3.05, 3.63) is 0 Å².